The second kappa shape index (κ2) is 6.64. The van der Waals surface area contributed by atoms with Crippen LogP contribution < -0.4 is 9.50 Å². The third kappa shape index (κ3) is 5.12. The summed E-state index contributed by atoms with van der Waals surface area (Å²) < 4.78 is 42.4. The normalized spacial score (nSPS) is 15.2. The first-order chi connectivity index (χ1) is 9.94. The van der Waals surface area contributed by atoms with Crippen LogP contribution in [-0.2, 0) is 15.2 Å². The molecule has 1 aromatic heterocycles. The van der Waals surface area contributed by atoms with Crippen LogP contribution in [0.2, 0.25) is 0 Å². The minimum atomic E-state index is -5.15. The van der Waals surface area contributed by atoms with Gasteiger partial charge in [0.25, 0.3) is 5.91 Å². The van der Waals surface area contributed by atoms with Crippen molar-refractivity contribution in [2.45, 2.75) is 6.42 Å². The quantitative estimate of drug-likeness (QED) is 0.636. The summed E-state index contributed by atoms with van der Waals surface area (Å²) in [7, 11) is -5.15. The summed E-state index contributed by atoms with van der Waals surface area (Å²) in [6, 6.07) is 1.09. The highest BCUT2D eigenvalue weighted by molar-refractivity contribution is 7.81. The van der Waals surface area contributed by atoms with Crippen molar-refractivity contribution in [3.8, 4) is 5.75 Å². The van der Waals surface area contributed by atoms with E-state index in [1.807, 2.05) is 6.08 Å². The Labute approximate surface area is 121 Å². The minimum absolute atomic E-state index is 0.0634. The van der Waals surface area contributed by atoms with Crippen molar-refractivity contribution in [2.75, 3.05) is 19.8 Å². The van der Waals surface area contributed by atoms with Gasteiger partial charge in [-0.15, -0.1) is 0 Å². The zero-order valence-corrected chi connectivity index (χ0v) is 11.7. The molecule has 0 atom stereocenters. The summed E-state index contributed by atoms with van der Waals surface area (Å²) >= 11 is 0. The first kappa shape index (κ1) is 15.4. The summed E-state index contributed by atoms with van der Waals surface area (Å²) in [5.74, 6) is -0.846. The smallest absolute Gasteiger partial charge is 0.377 e. The number of pyridine rings is 1. The van der Waals surface area contributed by atoms with Gasteiger partial charge in [0.15, 0.2) is 5.75 Å². The van der Waals surface area contributed by atoms with E-state index in [0.29, 0.717) is 19.8 Å². The third-order valence-corrected chi connectivity index (χ3v) is 3.02. The van der Waals surface area contributed by atoms with Gasteiger partial charge in [0.2, 0.25) is 0 Å². The zero-order valence-electron chi connectivity index (χ0n) is 10.9. The molecule has 0 saturated heterocycles. The van der Waals surface area contributed by atoms with Crippen LogP contribution in [0.1, 0.15) is 16.8 Å². The lowest BCUT2D eigenvalue weighted by Gasteiger charge is -2.14. The molecule has 2 heterocycles. The fourth-order valence-electron chi connectivity index (χ4n) is 1.73. The Bertz CT molecular complexity index is 659. The fourth-order valence-corrected chi connectivity index (χ4v) is 2.05. The van der Waals surface area contributed by atoms with Gasteiger partial charge in [0, 0.05) is 12.7 Å². The minimum Gasteiger partial charge on any atom is -0.377 e. The maximum absolute atomic E-state index is 12.4. The Morgan fingerprint density at radius 1 is 1.48 bits per heavy atom. The van der Waals surface area contributed by atoms with E-state index in [1.165, 1.54) is 6.20 Å². The van der Waals surface area contributed by atoms with Crippen LogP contribution in [0.5, 0.6) is 5.75 Å². The number of nitrogens with one attached hydrogen (secondary N) is 1. The number of carbonyl (C=O) groups is 1. The summed E-state index contributed by atoms with van der Waals surface area (Å²) in [6.07, 6.45) is 4.99. The van der Waals surface area contributed by atoms with Gasteiger partial charge in [0.05, 0.1) is 25.0 Å². The van der Waals surface area contributed by atoms with E-state index in [4.69, 9.17) is 4.74 Å². The molecule has 7 nitrogen and oxygen atoms in total. The molecule has 0 aromatic carbocycles. The largest absolute Gasteiger partial charge is 0.488 e. The molecule has 2 rings (SSSR count). The van der Waals surface area contributed by atoms with Crippen LogP contribution >= 0.6 is 0 Å². The second-order valence-electron chi connectivity index (χ2n) is 4.27. The maximum atomic E-state index is 12.4. The number of hydrogen-bond donors (Lipinski definition) is 1. The molecule has 9 heteroatoms. The van der Waals surface area contributed by atoms with Crippen molar-refractivity contribution in [1.82, 2.24) is 10.3 Å². The Morgan fingerprint density at radius 3 is 2.95 bits per heavy atom. The zero-order chi connectivity index (χ0) is 15.3. The van der Waals surface area contributed by atoms with Crippen molar-refractivity contribution in [3.05, 3.63) is 35.7 Å². The molecule has 21 heavy (non-hydrogen) atoms. The fraction of sp³-hybridized carbons (Fsp3) is 0.333. The number of halogens is 1. The van der Waals surface area contributed by atoms with Gasteiger partial charge < -0.3 is 14.2 Å². The van der Waals surface area contributed by atoms with Gasteiger partial charge in [0.1, 0.15) is 0 Å². The van der Waals surface area contributed by atoms with Gasteiger partial charge in [-0.3, -0.25) is 9.78 Å². The van der Waals surface area contributed by atoms with E-state index in [-0.39, 0.29) is 11.3 Å². The average molecular weight is 316 g/mol. The lowest BCUT2D eigenvalue weighted by Crippen LogP contribution is -2.27. The molecule has 1 aliphatic heterocycles. The van der Waals surface area contributed by atoms with Crippen LogP contribution in [0.25, 0.3) is 0 Å². The molecule has 0 aliphatic carbocycles. The van der Waals surface area contributed by atoms with E-state index in [0.717, 1.165) is 24.3 Å². The van der Waals surface area contributed by atoms with E-state index in [1.54, 1.807) is 0 Å². The van der Waals surface area contributed by atoms with Gasteiger partial charge in [-0.2, -0.15) is 8.42 Å². The molecule has 1 aromatic rings. The summed E-state index contributed by atoms with van der Waals surface area (Å²) in [5.41, 5.74) is 1.01. The average Bonchev–Trinajstić information content (AvgIpc) is 2.44. The molecular formula is C12H13FN2O5S. The van der Waals surface area contributed by atoms with Crippen molar-refractivity contribution in [3.63, 3.8) is 0 Å². The van der Waals surface area contributed by atoms with E-state index in [2.05, 4.69) is 14.5 Å². The SMILES string of the molecule is O=C(NCC1=CCCOC1)c1cncc(OS(=O)(=O)F)c1. The lowest BCUT2D eigenvalue weighted by atomic mass is 10.2. The van der Waals surface area contributed by atoms with Crippen LogP contribution in [0.3, 0.4) is 0 Å². The molecule has 1 N–H and O–H groups in total. The van der Waals surface area contributed by atoms with Crippen LogP contribution in [0.15, 0.2) is 30.1 Å². The Morgan fingerprint density at radius 2 is 2.29 bits per heavy atom. The summed E-state index contributed by atoms with van der Waals surface area (Å²) in [5, 5.41) is 2.63. The van der Waals surface area contributed by atoms with Crippen molar-refractivity contribution >= 4 is 16.4 Å². The van der Waals surface area contributed by atoms with Crippen molar-refractivity contribution in [2.24, 2.45) is 0 Å². The monoisotopic (exact) mass is 316 g/mol. The third-order valence-electron chi connectivity index (χ3n) is 2.63. The highest BCUT2D eigenvalue weighted by Crippen LogP contribution is 2.14. The summed E-state index contributed by atoms with van der Waals surface area (Å²) in [6.45, 7) is 1.44. The highest BCUT2D eigenvalue weighted by atomic mass is 32.3. The van der Waals surface area contributed by atoms with Crippen molar-refractivity contribution in [1.29, 1.82) is 0 Å². The molecule has 0 fully saturated rings. The topological polar surface area (TPSA) is 94.6 Å². The summed E-state index contributed by atoms with van der Waals surface area (Å²) in [4.78, 5) is 15.5. The molecule has 0 bridgehead atoms. The van der Waals surface area contributed by atoms with E-state index < -0.39 is 16.4 Å². The van der Waals surface area contributed by atoms with Gasteiger partial charge in [-0.25, -0.2) is 0 Å². The van der Waals surface area contributed by atoms with Gasteiger partial charge >= 0.3 is 10.5 Å². The number of rotatable bonds is 5. The molecule has 1 aliphatic rings. The predicted molar refractivity (Wildman–Crippen MR) is 70.7 cm³/mol. The number of nitrogens with zero attached hydrogens (tertiary/aromatic N) is 1. The van der Waals surface area contributed by atoms with Gasteiger partial charge in [-0.1, -0.05) is 9.96 Å². The Balaban J connectivity index is 1.98. The van der Waals surface area contributed by atoms with Crippen LogP contribution in [-0.4, -0.2) is 39.1 Å². The van der Waals surface area contributed by atoms with E-state index >= 15 is 0 Å². The lowest BCUT2D eigenvalue weighted by molar-refractivity contribution is 0.0951. The van der Waals surface area contributed by atoms with Crippen LogP contribution in [0, 0.1) is 0 Å². The van der Waals surface area contributed by atoms with E-state index in [9.17, 15) is 17.1 Å². The van der Waals surface area contributed by atoms with Gasteiger partial charge in [-0.05, 0) is 18.1 Å². The molecule has 0 unspecified atom stereocenters. The predicted octanol–water partition coefficient (Wildman–Crippen LogP) is 0.751. The number of ether oxygens (including phenoxy) is 1. The highest BCUT2D eigenvalue weighted by Gasteiger charge is 2.13. The first-order valence-corrected chi connectivity index (χ1v) is 7.38. The van der Waals surface area contributed by atoms with Crippen LogP contribution in [0.4, 0.5) is 3.89 Å². The standard InChI is InChI=1S/C12H13FN2O5S/c13-21(17,18)20-11-4-10(6-14-7-11)12(16)15-5-9-2-1-3-19-8-9/h2,4,6-7H,1,3,5,8H2,(H,15,16). The maximum Gasteiger partial charge on any atom is 0.488 e. The van der Waals surface area contributed by atoms with Crippen molar-refractivity contribution < 1.29 is 26.0 Å². The number of hydrogen-bond acceptors (Lipinski definition) is 6. The number of amides is 1. The molecule has 0 spiro atoms. The Kier molecular flexibility index (Phi) is 4.86. The second-order valence-corrected chi connectivity index (χ2v) is 5.22. The number of carbonyl (C=O) groups excluding carboxylic acids is 1. The number of aromatic nitrogens is 1. The molecule has 114 valence electrons. The molecule has 0 radical (unpaired) electrons. The molecule has 1 amide bonds. The molecule has 0 saturated carbocycles. The molecular weight excluding hydrogens is 303 g/mol. The first-order valence-electron chi connectivity index (χ1n) is 6.07. The Hall–Kier alpha value is -2.00.